The molecule has 0 atom stereocenters. The summed E-state index contributed by atoms with van der Waals surface area (Å²) in [4.78, 5) is 3.74. The summed E-state index contributed by atoms with van der Waals surface area (Å²) in [5.41, 5.74) is 7.54. The van der Waals surface area contributed by atoms with Crippen LogP contribution in [0.4, 0.5) is 0 Å². The summed E-state index contributed by atoms with van der Waals surface area (Å²) < 4.78 is 4.79. The number of hydrogen-bond acceptors (Lipinski definition) is 4. The minimum atomic E-state index is -0.0457. The van der Waals surface area contributed by atoms with E-state index in [-0.39, 0.29) is 12.5 Å². The number of guanidine groups is 1. The summed E-state index contributed by atoms with van der Waals surface area (Å²) in [7, 11) is 0. The zero-order valence-corrected chi connectivity index (χ0v) is 6.61. The molecule has 0 aromatic carbocycles. The molecule has 1 aromatic heterocycles. The Morgan fingerprint density at radius 3 is 3.17 bits per heavy atom. The van der Waals surface area contributed by atoms with E-state index in [4.69, 9.17) is 15.5 Å². The molecule has 1 aromatic rings. The van der Waals surface area contributed by atoms with Crippen LogP contribution in [-0.4, -0.2) is 16.3 Å². The van der Waals surface area contributed by atoms with E-state index in [2.05, 4.69) is 10.1 Å². The van der Waals surface area contributed by atoms with Crippen LogP contribution in [0.2, 0.25) is 0 Å². The molecule has 0 unspecified atom stereocenters. The second-order valence-corrected chi connectivity index (χ2v) is 2.24. The van der Waals surface area contributed by atoms with E-state index >= 15 is 0 Å². The van der Waals surface area contributed by atoms with Gasteiger partial charge in [0, 0.05) is 6.07 Å². The number of rotatable bonds is 2. The van der Waals surface area contributed by atoms with Crippen LogP contribution >= 0.6 is 0 Å². The van der Waals surface area contributed by atoms with Gasteiger partial charge < -0.3 is 10.3 Å². The number of hydroxylamine groups is 1. The number of aliphatic imine (C=N–C) groups is 1. The fourth-order valence-corrected chi connectivity index (χ4v) is 0.694. The van der Waals surface area contributed by atoms with Gasteiger partial charge in [0.05, 0.1) is 6.54 Å². The van der Waals surface area contributed by atoms with Crippen molar-refractivity contribution in [3.8, 4) is 0 Å². The molecule has 0 radical (unpaired) electrons. The highest BCUT2D eigenvalue weighted by molar-refractivity contribution is 5.76. The minimum absolute atomic E-state index is 0.0457. The van der Waals surface area contributed by atoms with Crippen molar-refractivity contribution in [2.75, 3.05) is 0 Å². The quantitative estimate of drug-likeness (QED) is 0.324. The molecule has 1 rings (SSSR count). The molecule has 0 amide bonds. The second-order valence-electron chi connectivity index (χ2n) is 2.24. The summed E-state index contributed by atoms with van der Waals surface area (Å²) in [5, 5.41) is 11.9. The smallest absolute Gasteiger partial charge is 0.213 e. The van der Waals surface area contributed by atoms with E-state index in [1.165, 1.54) is 0 Å². The van der Waals surface area contributed by atoms with Gasteiger partial charge in [-0.25, -0.2) is 10.5 Å². The third-order valence-electron chi connectivity index (χ3n) is 1.20. The number of aromatic nitrogens is 1. The SMILES string of the molecule is Cc1cc(CN=C(N)NO)no1. The Labute approximate surface area is 69.0 Å². The normalized spacial score (nSPS) is 11.7. The molecule has 12 heavy (non-hydrogen) atoms. The molecule has 6 heteroatoms. The van der Waals surface area contributed by atoms with Gasteiger partial charge in [0.2, 0.25) is 5.96 Å². The summed E-state index contributed by atoms with van der Waals surface area (Å²) >= 11 is 0. The minimum Gasteiger partial charge on any atom is -0.368 e. The van der Waals surface area contributed by atoms with Crippen molar-refractivity contribution in [2.45, 2.75) is 13.5 Å². The molecule has 0 aliphatic heterocycles. The van der Waals surface area contributed by atoms with Gasteiger partial charge in [-0.15, -0.1) is 0 Å². The number of nitrogens with one attached hydrogen (secondary N) is 1. The number of hydrogen-bond donors (Lipinski definition) is 3. The first-order chi connectivity index (χ1) is 5.72. The van der Waals surface area contributed by atoms with Crippen molar-refractivity contribution in [1.29, 1.82) is 0 Å². The van der Waals surface area contributed by atoms with Crippen molar-refractivity contribution in [3.63, 3.8) is 0 Å². The molecular weight excluding hydrogens is 160 g/mol. The Balaban J connectivity index is 2.53. The average molecular weight is 170 g/mol. The highest BCUT2D eigenvalue weighted by atomic mass is 16.5. The summed E-state index contributed by atoms with van der Waals surface area (Å²) in [6.45, 7) is 2.07. The van der Waals surface area contributed by atoms with E-state index in [1.807, 2.05) is 0 Å². The van der Waals surface area contributed by atoms with E-state index in [0.717, 1.165) is 5.76 Å². The van der Waals surface area contributed by atoms with Gasteiger partial charge in [0.15, 0.2) is 0 Å². The predicted molar refractivity (Wildman–Crippen MR) is 41.5 cm³/mol. The molecule has 0 aliphatic carbocycles. The van der Waals surface area contributed by atoms with Crippen molar-refractivity contribution in [3.05, 3.63) is 17.5 Å². The van der Waals surface area contributed by atoms with E-state index in [1.54, 1.807) is 18.5 Å². The zero-order valence-electron chi connectivity index (χ0n) is 6.61. The lowest BCUT2D eigenvalue weighted by atomic mass is 10.4. The highest BCUT2D eigenvalue weighted by Crippen LogP contribution is 2.01. The van der Waals surface area contributed by atoms with Gasteiger partial charge in [-0.2, -0.15) is 0 Å². The van der Waals surface area contributed by atoms with Gasteiger partial charge >= 0.3 is 0 Å². The van der Waals surface area contributed by atoms with Crippen LogP contribution in [0.15, 0.2) is 15.6 Å². The van der Waals surface area contributed by atoms with Crippen LogP contribution in [0, 0.1) is 6.92 Å². The van der Waals surface area contributed by atoms with Crippen LogP contribution in [0.1, 0.15) is 11.5 Å². The maximum absolute atomic E-state index is 8.27. The van der Waals surface area contributed by atoms with E-state index in [9.17, 15) is 0 Å². The second kappa shape index (κ2) is 3.72. The predicted octanol–water partition coefficient (Wildman–Crippen LogP) is -0.223. The number of nitrogens with zero attached hydrogens (tertiary/aromatic N) is 2. The van der Waals surface area contributed by atoms with E-state index in [0.29, 0.717) is 5.69 Å². The molecular formula is C6H10N4O2. The summed E-state index contributed by atoms with van der Waals surface area (Å²) in [5.74, 6) is 0.673. The molecule has 66 valence electrons. The fourth-order valence-electron chi connectivity index (χ4n) is 0.694. The summed E-state index contributed by atoms with van der Waals surface area (Å²) in [6.07, 6.45) is 0. The third kappa shape index (κ3) is 2.24. The van der Waals surface area contributed by atoms with Crippen molar-refractivity contribution in [1.82, 2.24) is 10.6 Å². The standard InChI is InChI=1S/C6H10N4O2/c1-4-2-5(10-12-4)3-8-6(7)9-11/h2,11H,3H2,1H3,(H3,7,8,9). The monoisotopic (exact) mass is 170 g/mol. The average Bonchev–Trinajstić information content (AvgIpc) is 2.47. The topological polar surface area (TPSA) is 96.7 Å². The lowest BCUT2D eigenvalue weighted by Gasteiger charge is -1.93. The van der Waals surface area contributed by atoms with E-state index < -0.39 is 0 Å². The zero-order chi connectivity index (χ0) is 8.97. The summed E-state index contributed by atoms with van der Waals surface area (Å²) in [6, 6.07) is 1.74. The maximum Gasteiger partial charge on any atom is 0.213 e. The molecule has 1 heterocycles. The number of nitrogens with two attached hydrogens (primary N) is 1. The van der Waals surface area contributed by atoms with Gasteiger partial charge in [0.25, 0.3) is 0 Å². The third-order valence-corrected chi connectivity index (χ3v) is 1.20. The first-order valence-corrected chi connectivity index (χ1v) is 3.34. The molecule has 0 saturated heterocycles. The molecule has 4 N–H and O–H groups in total. The largest absolute Gasteiger partial charge is 0.368 e. The Bertz CT molecular complexity index is 281. The van der Waals surface area contributed by atoms with Crippen LogP contribution in [0.5, 0.6) is 0 Å². The van der Waals surface area contributed by atoms with Gasteiger partial charge in [-0.3, -0.25) is 5.21 Å². The molecule has 0 saturated carbocycles. The molecule has 0 bridgehead atoms. The Morgan fingerprint density at radius 2 is 2.67 bits per heavy atom. The van der Waals surface area contributed by atoms with Crippen LogP contribution in [0.25, 0.3) is 0 Å². The highest BCUT2D eigenvalue weighted by Gasteiger charge is 1.98. The Morgan fingerprint density at radius 1 is 1.92 bits per heavy atom. The van der Waals surface area contributed by atoms with Crippen LogP contribution in [0.3, 0.4) is 0 Å². The van der Waals surface area contributed by atoms with Crippen molar-refractivity contribution in [2.24, 2.45) is 10.7 Å². The molecule has 0 fully saturated rings. The number of aryl methyl sites for hydroxylation is 1. The first-order valence-electron chi connectivity index (χ1n) is 3.34. The van der Waals surface area contributed by atoms with Crippen molar-refractivity contribution >= 4 is 5.96 Å². The van der Waals surface area contributed by atoms with Gasteiger partial charge in [-0.05, 0) is 6.92 Å². The Hall–Kier alpha value is -1.56. The van der Waals surface area contributed by atoms with Crippen LogP contribution < -0.4 is 11.2 Å². The van der Waals surface area contributed by atoms with Crippen LogP contribution in [-0.2, 0) is 6.54 Å². The fraction of sp³-hybridized carbons (Fsp3) is 0.333. The van der Waals surface area contributed by atoms with Gasteiger partial charge in [0.1, 0.15) is 11.5 Å². The maximum atomic E-state index is 8.27. The van der Waals surface area contributed by atoms with Gasteiger partial charge in [-0.1, -0.05) is 5.16 Å². The molecule has 0 spiro atoms. The molecule has 0 aliphatic rings. The van der Waals surface area contributed by atoms with Crippen molar-refractivity contribution < 1.29 is 9.73 Å². The first kappa shape index (κ1) is 8.54. The molecule has 6 nitrogen and oxygen atoms in total. The Kier molecular flexibility index (Phi) is 2.65. The lowest BCUT2D eigenvalue weighted by molar-refractivity contribution is 0.232. The lowest BCUT2D eigenvalue weighted by Crippen LogP contribution is -2.28.